The Hall–Kier alpha value is -1.69. The number of furan rings is 1. The average Bonchev–Trinajstić information content (AvgIpc) is 2.84. The molecule has 1 aliphatic heterocycles. The van der Waals surface area contributed by atoms with Crippen LogP contribution in [0.25, 0.3) is 0 Å². The number of rotatable bonds is 3. The Kier molecular flexibility index (Phi) is 5.34. The molecule has 0 aliphatic carbocycles. The predicted octanol–water partition coefficient (Wildman–Crippen LogP) is 3.07. The number of ether oxygens (including phenoxy) is 1. The lowest BCUT2D eigenvalue weighted by Gasteiger charge is -2.18. The van der Waals surface area contributed by atoms with Crippen LogP contribution in [0.2, 0.25) is 5.02 Å². The van der Waals surface area contributed by atoms with Crippen molar-refractivity contribution in [2.75, 3.05) is 6.54 Å². The van der Waals surface area contributed by atoms with Crippen LogP contribution < -0.4 is 15.8 Å². The van der Waals surface area contributed by atoms with Crippen LogP contribution in [-0.4, -0.2) is 12.5 Å². The minimum atomic E-state index is -0.515. The molecule has 0 fully saturated rings. The minimum absolute atomic E-state index is 0. The lowest BCUT2D eigenvalue weighted by atomic mass is 10.1. The van der Waals surface area contributed by atoms with Crippen LogP contribution in [-0.2, 0) is 6.54 Å². The number of primary amides is 1. The van der Waals surface area contributed by atoms with Crippen LogP contribution in [0.1, 0.15) is 34.2 Å². The Morgan fingerprint density at radius 3 is 2.95 bits per heavy atom. The van der Waals surface area contributed by atoms with E-state index in [1.54, 1.807) is 18.4 Å². The van der Waals surface area contributed by atoms with Crippen molar-refractivity contribution in [3.63, 3.8) is 0 Å². The molecule has 1 aromatic heterocycles. The topological polar surface area (TPSA) is 77.5 Å². The molecule has 0 saturated heterocycles. The standard InChI is InChI=1S/C15H15ClN2O3.ClH/c16-11-7-9(15(17)19)1-2-13(11)21-12-3-5-18-8-14-10(12)4-6-20-14;/h1-2,4,6-7,12,18H,3,5,8H2,(H2,17,19);1H. The fourth-order valence-electron chi connectivity index (χ4n) is 2.40. The summed E-state index contributed by atoms with van der Waals surface area (Å²) in [5, 5.41) is 3.65. The highest BCUT2D eigenvalue weighted by atomic mass is 35.5. The van der Waals surface area contributed by atoms with Gasteiger partial charge in [0.1, 0.15) is 17.6 Å². The third-order valence-corrected chi connectivity index (χ3v) is 3.78. The first-order valence-electron chi connectivity index (χ1n) is 6.68. The quantitative estimate of drug-likeness (QED) is 0.898. The summed E-state index contributed by atoms with van der Waals surface area (Å²) in [4.78, 5) is 11.1. The summed E-state index contributed by atoms with van der Waals surface area (Å²) in [6.07, 6.45) is 2.33. The van der Waals surface area contributed by atoms with Gasteiger partial charge in [-0.15, -0.1) is 12.4 Å². The number of fused-ring (bicyclic) bond motifs is 1. The van der Waals surface area contributed by atoms with Gasteiger partial charge in [0.2, 0.25) is 5.91 Å². The maximum absolute atomic E-state index is 11.1. The first-order chi connectivity index (χ1) is 10.1. The van der Waals surface area contributed by atoms with E-state index in [0.717, 1.165) is 24.3 Å². The molecule has 1 aromatic carbocycles. The summed E-state index contributed by atoms with van der Waals surface area (Å²) >= 11 is 6.16. The van der Waals surface area contributed by atoms with E-state index in [1.807, 2.05) is 6.07 Å². The molecule has 3 N–H and O–H groups in total. The SMILES string of the molecule is Cl.NC(=O)c1ccc(OC2CCNCc3occc32)c(Cl)c1. The molecule has 1 amide bonds. The van der Waals surface area contributed by atoms with E-state index in [1.165, 1.54) is 6.07 Å². The van der Waals surface area contributed by atoms with E-state index >= 15 is 0 Å². The highest BCUT2D eigenvalue weighted by molar-refractivity contribution is 6.32. The molecule has 3 rings (SSSR count). The highest BCUT2D eigenvalue weighted by Crippen LogP contribution is 2.33. The molecule has 5 nitrogen and oxygen atoms in total. The van der Waals surface area contributed by atoms with Crippen molar-refractivity contribution in [1.29, 1.82) is 0 Å². The largest absolute Gasteiger partial charge is 0.484 e. The second kappa shape index (κ2) is 7.05. The smallest absolute Gasteiger partial charge is 0.248 e. The Morgan fingerprint density at radius 2 is 2.23 bits per heavy atom. The zero-order valence-electron chi connectivity index (χ0n) is 11.7. The predicted molar refractivity (Wildman–Crippen MR) is 85.6 cm³/mol. The van der Waals surface area contributed by atoms with Gasteiger partial charge in [0.25, 0.3) is 0 Å². The van der Waals surface area contributed by atoms with Crippen LogP contribution >= 0.6 is 24.0 Å². The zero-order valence-corrected chi connectivity index (χ0v) is 13.2. The summed E-state index contributed by atoms with van der Waals surface area (Å²) in [7, 11) is 0. The van der Waals surface area contributed by atoms with Crippen LogP contribution in [0, 0.1) is 0 Å². The summed E-state index contributed by atoms with van der Waals surface area (Å²) in [5.74, 6) is 0.891. The van der Waals surface area contributed by atoms with Gasteiger partial charge in [-0.1, -0.05) is 11.6 Å². The lowest BCUT2D eigenvalue weighted by Crippen LogP contribution is -2.14. The molecule has 1 aliphatic rings. The molecule has 2 heterocycles. The fourth-order valence-corrected chi connectivity index (χ4v) is 2.62. The van der Waals surface area contributed by atoms with Crippen molar-refractivity contribution >= 4 is 29.9 Å². The fraction of sp³-hybridized carbons (Fsp3) is 0.267. The van der Waals surface area contributed by atoms with Crippen molar-refractivity contribution in [3.8, 4) is 5.75 Å². The molecular weight excluding hydrogens is 327 g/mol. The number of hydrogen-bond acceptors (Lipinski definition) is 4. The third-order valence-electron chi connectivity index (χ3n) is 3.48. The number of amides is 1. The van der Waals surface area contributed by atoms with Gasteiger partial charge in [-0.25, -0.2) is 0 Å². The molecule has 0 bridgehead atoms. The van der Waals surface area contributed by atoms with Crippen molar-refractivity contribution < 1.29 is 13.9 Å². The number of hydrogen-bond donors (Lipinski definition) is 2. The van der Waals surface area contributed by atoms with E-state index in [0.29, 0.717) is 22.9 Å². The first kappa shape index (κ1) is 16.7. The molecule has 0 spiro atoms. The molecule has 0 saturated carbocycles. The summed E-state index contributed by atoms with van der Waals surface area (Å²) < 4.78 is 11.4. The Morgan fingerprint density at radius 1 is 1.41 bits per heavy atom. The van der Waals surface area contributed by atoms with Crippen LogP contribution in [0.15, 0.2) is 34.9 Å². The molecular formula is C15H16Cl2N2O3. The Labute approximate surface area is 139 Å². The number of nitrogens with one attached hydrogen (secondary N) is 1. The first-order valence-corrected chi connectivity index (χ1v) is 7.06. The van der Waals surface area contributed by atoms with E-state index in [9.17, 15) is 4.79 Å². The number of nitrogens with two attached hydrogens (primary N) is 1. The van der Waals surface area contributed by atoms with E-state index in [2.05, 4.69) is 5.32 Å². The summed E-state index contributed by atoms with van der Waals surface area (Å²) in [6.45, 7) is 1.52. The Bertz CT molecular complexity index is 673. The average molecular weight is 343 g/mol. The molecule has 118 valence electrons. The Balaban J connectivity index is 0.00000176. The van der Waals surface area contributed by atoms with Crippen molar-refractivity contribution in [2.45, 2.75) is 19.1 Å². The molecule has 7 heteroatoms. The van der Waals surface area contributed by atoms with Gasteiger partial charge < -0.3 is 20.2 Å². The van der Waals surface area contributed by atoms with E-state index in [-0.39, 0.29) is 18.5 Å². The van der Waals surface area contributed by atoms with Crippen LogP contribution in [0.3, 0.4) is 0 Å². The monoisotopic (exact) mass is 342 g/mol. The minimum Gasteiger partial charge on any atom is -0.484 e. The van der Waals surface area contributed by atoms with Crippen molar-refractivity contribution in [3.05, 3.63) is 52.4 Å². The van der Waals surface area contributed by atoms with Gasteiger partial charge in [-0.05, 0) is 30.8 Å². The van der Waals surface area contributed by atoms with Crippen molar-refractivity contribution in [2.24, 2.45) is 5.73 Å². The maximum Gasteiger partial charge on any atom is 0.248 e. The van der Waals surface area contributed by atoms with E-state index < -0.39 is 5.91 Å². The van der Waals surface area contributed by atoms with Gasteiger partial charge in [0.05, 0.1) is 17.8 Å². The van der Waals surface area contributed by atoms with Gasteiger partial charge in [0, 0.05) is 17.5 Å². The lowest BCUT2D eigenvalue weighted by molar-refractivity contribution is 0.1000. The summed E-state index contributed by atoms with van der Waals surface area (Å²) in [6, 6.07) is 6.71. The number of carbonyl (C=O) groups is 1. The van der Waals surface area contributed by atoms with Crippen molar-refractivity contribution in [1.82, 2.24) is 5.32 Å². The maximum atomic E-state index is 11.1. The molecule has 1 atom stereocenters. The number of benzene rings is 1. The second-order valence-electron chi connectivity index (χ2n) is 4.88. The second-order valence-corrected chi connectivity index (χ2v) is 5.29. The van der Waals surface area contributed by atoms with Gasteiger partial charge in [0.15, 0.2) is 0 Å². The normalized spacial score (nSPS) is 17.0. The molecule has 1 unspecified atom stereocenters. The molecule has 0 radical (unpaired) electrons. The highest BCUT2D eigenvalue weighted by Gasteiger charge is 2.23. The molecule has 2 aromatic rings. The molecule has 22 heavy (non-hydrogen) atoms. The zero-order chi connectivity index (χ0) is 14.8. The van der Waals surface area contributed by atoms with Gasteiger partial charge >= 0.3 is 0 Å². The number of carbonyl (C=O) groups excluding carboxylic acids is 1. The third kappa shape index (κ3) is 3.38. The number of halogens is 2. The van der Waals surface area contributed by atoms with Crippen LogP contribution in [0.4, 0.5) is 0 Å². The van der Waals surface area contributed by atoms with Crippen LogP contribution in [0.5, 0.6) is 5.75 Å². The van der Waals surface area contributed by atoms with Gasteiger partial charge in [-0.3, -0.25) is 4.79 Å². The van der Waals surface area contributed by atoms with Gasteiger partial charge in [-0.2, -0.15) is 0 Å². The van der Waals surface area contributed by atoms with E-state index in [4.69, 9.17) is 26.5 Å². The summed E-state index contributed by atoms with van der Waals surface area (Å²) in [5.41, 5.74) is 6.61.